The second-order valence-electron chi connectivity index (χ2n) is 5.94. The van der Waals surface area contributed by atoms with Crippen LogP contribution in [0.25, 0.3) is 0 Å². The fourth-order valence-electron chi connectivity index (χ4n) is 2.07. The average molecular weight is 356 g/mol. The van der Waals surface area contributed by atoms with Crippen LogP contribution in [0.5, 0.6) is 0 Å². The second kappa shape index (κ2) is 8.42. The molecular formula is C16H25N2O5P. The van der Waals surface area contributed by atoms with Gasteiger partial charge in [-0.1, -0.05) is 18.2 Å². The van der Waals surface area contributed by atoms with Gasteiger partial charge in [-0.25, -0.2) is 0 Å². The van der Waals surface area contributed by atoms with Gasteiger partial charge >= 0.3 is 7.60 Å². The smallest absolute Gasteiger partial charge is 0.362 e. The van der Waals surface area contributed by atoms with Gasteiger partial charge in [-0.15, -0.1) is 0 Å². The van der Waals surface area contributed by atoms with Crippen molar-refractivity contribution in [1.29, 1.82) is 0 Å². The Balaban J connectivity index is 3.15. The van der Waals surface area contributed by atoms with Crippen LogP contribution in [0.15, 0.2) is 24.3 Å². The zero-order chi connectivity index (χ0) is 18.5. The van der Waals surface area contributed by atoms with E-state index < -0.39 is 37.4 Å². The zero-order valence-corrected chi connectivity index (χ0v) is 15.5. The normalized spacial score (nSPS) is 13.1. The molecule has 1 aromatic rings. The summed E-state index contributed by atoms with van der Waals surface area (Å²) in [7, 11) is -3.99. The van der Waals surface area contributed by atoms with E-state index in [9.17, 15) is 14.2 Å². The minimum absolute atomic E-state index is 0.351. The van der Waals surface area contributed by atoms with E-state index in [0.29, 0.717) is 11.1 Å². The van der Waals surface area contributed by atoms with Crippen molar-refractivity contribution in [3.05, 3.63) is 35.4 Å². The van der Waals surface area contributed by atoms with E-state index >= 15 is 0 Å². The fourth-order valence-corrected chi connectivity index (χ4v) is 4.13. The molecule has 0 spiro atoms. The third kappa shape index (κ3) is 5.44. The van der Waals surface area contributed by atoms with Crippen LogP contribution < -0.4 is 11.1 Å². The van der Waals surface area contributed by atoms with Crippen molar-refractivity contribution in [3.63, 3.8) is 0 Å². The first-order valence-electron chi connectivity index (χ1n) is 7.69. The van der Waals surface area contributed by atoms with E-state index in [-0.39, 0.29) is 0 Å². The molecule has 3 N–H and O–H groups in total. The molecule has 24 heavy (non-hydrogen) atoms. The van der Waals surface area contributed by atoms with E-state index in [0.717, 1.165) is 0 Å². The molecule has 0 aliphatic carbocycles. The fraction of sp³-hybridized carbons (Fsp3) is 0.500. The molecule has 0 bridgehead atoms. The Bertz CT molecular complexity index is 631. The van der Waals surface area contributed by atoms with Crippen LogP contribution in [-0.4, -0.2) is 29.8 Å². The predicted molar refractivity (Wildman–Crippen MR) is 91.7 cm³/mol. The summed E-state index contributed by atoms with van der Waals surface area (Å²) in [5, 5.41) is 2.40. The number of rotatable bonds is 8. The van der Waals surface area contributed by atoms with E-state index in [1.165, 1.54) is 0 Å². The maximum Gasteiger partial charge on any atom is 0.362 e. The van der Waals surface area contributed by atoms with Gasteiger partial charge in [-0.3, -0.25) is 14.2 Å². The summed E-state index contributed by atoms with van der Waals surface area (Å²) in [6.07, 6.45) is -0.960. The number of carbonyl (C=O) groups excluding carboxylic acids is 2. The summed E-state index contributed by atoms with van der Waals surface area (Å²) in [5.74, 6) is -3.13. The maximum absolute atomic E-state index is 13.1. The first-order valence-corrected chi connectivity index (χ1v) is 9.30. The lowest BCUT2D eigenvalue weighted by molar-refractivity contribution is -0.118. The average Bonchev–Trinajstić information content (AvgIpc) is 2.42. The lowest BCUT2D eigenvalue weighted by Gasteiger charge is -2.28. The van der Waals surface area contributed by atoms with Crippen molar-refractivity contribution in [1.82, 2.24) is 5.32 Å². The van der Waals surface area contributed by atoms with Crippen LogP contribution in [0.3, 0.4) is 0 Å². The molecule has 2 amide bonds. The van der Waals surface area contributed by atoms with Gasteiger partial charge in [0.1, 0.15) is 0 Å². The highest BCUT2D eigenvalue weighted by molar-refractivity contribution is 7.55. The van der Waals surface area contributed by atoms with E-state index in [1.54, 1.807) is 58.9 Å². The highest BCUT2D eigenvalue weighted by Gasteiger charge is 2.43. The molecule has 0 saturated carbocycles. The van der Waals surface area contributed by atoms with Crippen molar-refractivity contribution in [2.45, 2.75) is 52.6 Å². The van der Waals surface area contributed by atoms with Gasteiger partial charge in [0, 0.05) is 5.56 Å². The quantitative estimate of drug-likeness (QED) is 0.696. The Morgan fingerprint density at radius 2 is 1.58 bits per heavy atom. The summed E-state index contributed by atoms with van der Waals surface area (Å²) in [4.78, 5) is 24.3. The van der Waals surface area contributed by atoms with Gasteiger partial charge in [-0.05, 0) is 46.2 Å². The summed E-state index contributed by atoms with van der Waals surface area (Å²) in [6, 6.07) is 6.82. The molecule has 0 aromatic heterocycles. The van der Waals surface area contributed by atoms with Crippen molar-refractivity contribution < 1.29 is 23.2 Å². The lowest BCUT2D eigenvalue weighted by atomic mass is 10.1. The topological polar surface area (TPSA) is 108 Å². The van der Waals surface area contributed by atoms with Crippen LogP contribution >= 0.6 is 7.60 Å². The highest BCUT2D eigenvalue weighted by Crippen LogP contribution is 2.54. The minimum atomic E-state index is -3.99. The third-order valence-corrected chi connectivity index (χ3v) is 5.41. The molecule has 0 aliphatic rings. The number of hydrogen-bond acceptors (Lipinski definition) is 5. The molecule has 134 valence electrons. The van der Waals surface area contributed by atoms with Crippen molar-refractivity contribution in [3.8, 4) is 0 Å². The highest BCUT2D eigenvalue weighted by atomic mass is 31.2. The molecule has 0 heterocycles. The van der Waals surface area contributed by atoms with E-state index in [4.69, 9.17) is 14.8 Å². The first-order chi connectivity index (χ1) is 11.1. The Hall–Kier alpha value is -1.69. The van der Waals surface area contributed by atoms with Gasteiger partial charge < -0.3 is 20.1 Å². The van der Waals surface area contributed by atoms with Gasteiger partial charge in [-0.2, -0.15) is 0 Å². The number of primary amides is 1. The van der Waals surface area contributed by atoms with Crippen molar-refractivity contribution in [2.75, 3.05) is 0 Å². The van der Waals surface area contributed by atoms with Gasteiger partial charge in [0.15, 0.2) is 0 Å². The number of nitrogens with two attached hydrogens (primary N) is 1. The Morgan fingerprint density at radius 1 is 1.08 bits per heavy atom. The second-order valence-corrected chi connectivity index (χ2v) is 7.96. The summed E-state index contributed by atoms with van der Waals surface area (Å²) in [6.45, 7) is 8.35. The molecule has 8 heteroatoms. The van der Waals surface area contributed by atoms with Gasteiger partial charge in [0.2, 0.25) is 5.78 Å². The van der Waals surface area contributed by atoms with Crippen molar-refractivity contribution >= 4 is 19.4 Å². The third-order valence-electron chi connectivity index (χ3n) is 2.96. The van der Waals surface area contributed by atoms with Gasteiger partial charge in [0.05, 0.1) is 12.2 Å². The minimum Gasteiger partial charge on any atom is -0.367 e. The van der Waals surface area contributed by atoms with Crippen LogP contribution in [0.1, 0.15) is 43.6 Å². The lowest BCUT2D eigenvalue weighted by Crippen LogP contribution is -2.45. The number of benzene rings is 1. The van der Waals surface area contributed by atoms with E-state index in [1.807, 2.05) is 0 Å². The molecule has 1 atom stereocenters. The molecule has 0 fully saturated rings. The maximum atomic E-state index is 13.1. The van der Waals surface area contributed by atoms with Crippen LogP contribution in [0.4, 0.5) is 0 Å². The largest absolute Gasteiger partial charge is 0.367 e. The van der Waals surface area contributed by atoms with Gasteiger partial charge in [0.25, 0.3) is 11.8 Å². The Morgan fingerprint density at radius 3 is 2.00 bits per heavy atom. The molecule has 0 radical (unpaired) electrons. The first kappa shape index (κ1) is 20.4. The Kier molecular flexibility index (Phi) is 7.14. The zero-order valence-electron chi connectivity index (χ0n) is 14.6. The summed E-state index contributed by atoms with van der Waals surface area (Å²) < 4.78 is 23.8. The summed E-state index contributed by atoms with van der Waals surface area (Å²) >= 11 is 0. The summed E-state index contributed by atoms with van der Waals surface area (Å²) in [5.41, 5.74) is 6.41. The Labute approximate surface area is 142 Å². The molecule has 0 aliphatic heterocycles. The molecule has 0 saturated heterocycles. The number of amides is 2. The van der Waals surface area contributed by atoms with E-state index in [2.05, 4.69) is 5.32 Å². The van der Waals surface area contributed by atoms with Crippen molar-refractivity contribution in [2.24, 2.45) is 5.73 Å². The molecule has 7 nitrogen and oxygen atoms in total. The van der Waals surface area contributed by atoms with Crippen LogP contribution in [0, 0.1) is 6.92 Å². The molecule has 0 unspecified atom stereocenters. The number of nitrogens with one attached hydrogen (secondary N) is 1. The number of aryl methyl sites for hydroxylation is 1. The molecule has 1 aromatic carbocycles. The number of carbonyl (C=O) groups is 2. The van der Waals surface area contributed by atoms with Crippen LogP contribution in [0.2, 0.25) is 0 Å². The molecule has 1 rings (SSSR count). The SMILES string of the molecule is Cc1ccccc1C(=O)N[C@H](C(N)=O)P(=O)(OC(C)C)OC(C)C. The molecular weight excluding hydrogens is 331 g/mol. The monoisotopic (exact) mass is 356 g/mol. The predicted octanol–water partition coefficient (Wildman–Crippen LogP) is 2.58. The standard InChI is InChI=1S/C16H25N2O5P/c1-10(2)22-24(21,23-11(3)4)16(14(17)19)18-15(20)13-9-7-6-8-12(13)5/h6-11,16H,1-5H3,(H2,17,19)(H,18,20)/t16-/m0/s1. The number of hydrogen-bond donors (Lipinski definition) is 2. The van der Waals surface area contributed by atoms with Crippen LogP contribution in [-0.2, 0) is 18.4 Å².